The minimum Gasteiger partial charge on any atom is -0.327 e. The third kappa shape index (κ3) is 3.50. The van der Waals surface area contributed by atoms with Gasteiger partial charge in [0, 0.05) is 29.0 Å². The fourth-order valence-corrected chi connectivity index (χ4v) is 2.83. The van der Waals surface area contributed by atoms with Crippen molar-refractivity contribution in [1.82, 2.24) is 9.47 Å². The summed E-state index contributed by atoms with van der Waals surface area (Å²) < 4.78 is 2.03. The molecular formula is C16H14BrN3O3. The second kappa shape index (κ2) is 6.37. The molecule has 118 valence electrons. The van der Waals surface area contributed by atoms with Crippen molar-refractivity contribution in [3.05, 3.63) is 63.0 Å². The SMILES string of the molecule is O=C1CN(C(=O)Cn2cc(Br)ccc2=O)Cc2ccccc2N1. The standard InChI is InChI=1S/C16H14BrN3O3/c17-12-5-6-15(22)20(8-12)10-16(23)19-7-11-3-1-2-4-13(11)18-14(21)9-19/h1-6,8H,7,9-10H2,(H,18,21). The van der Waals surface area contributed by atoms with Crippen LogP contribution in [0.1, 0.15) is 5.56 Å². The highest BCUT2D eigenvalue weighted by Crippen LogP contribution is 2.20. The van der Waals surface area contributed by atoms with E-state index in [2.05, 4.69) is 21.2 Å². The van der Waals surface area contributed by atoms with Crippen molar-refractivity contribution in [2.24, 2.45) is 0 Å². The van der Waals surface area contributed by atoms with E-state index in [9.17, 15) is 14.4 Å². The third-order valence-corrected chi connectivity index (χ3v) is 4.06. The molecule has 3 rings (SSSR count). The molecule has 0 atom stereocenters. The van der Waals surface area contributed by atoms with Gasteiger partial charge in [-0.05, 0) is 33.6 Å². The highest BCUT2D eigenvalue weighted by molar-refractivity contribution is 9.10. The number of fused-ring (bicyclic) bond motifs is 1. The highest BCUT2D eigenvalue weighted by atomic mass is 79.9. The number of nitrogens with one attached hydrogen (secondary N) is 1. The van der Waals surface area contributed by atoms with E-state index in [-0.39, 0.29) is 30.5 Å². The first-order valence-corrected chi connectivity index (χ1v) is 7.84. The Kier molecular flexibility index (Phi) is 4.29. The Morgan fingerprint density at radius 1 is 1.13 bits per heavy atom. The van der Waals surface area contributed by atoms with E-state index < -0.39 is 0 Å². The van der Waals surface area contributed by atoms with Crippen LogP contribution in [0.2, 0.25) is 0 Å². The Morgan fingerprint density at radius 3 is 2.74 bits per heavy atom. The lowest BCUT2D eigenvalue weighted by atomic mass is 10.1. The fourth-order valence-electron chi connectivity index (χ4n) is 2.45. The molecule has 0 spiro atoms. The van der Waals surface area contributed by atoms with Crippen molar-refractivity contribution in [1.29, 1.82) is 0 Å². The van der Waals surface area contributed by atoms with E-state index in [1.165, 1.54) is 15.5 Å². The summed E-state index contributed by atoms with van der Waals surface area (Å²) in [7, 11) is 0. The van der Waals surface area contributed by atoms with Gasteiger partial charge in [0.15, 0.2) is 0 Å². The van der Waals surface area contributed by atoms with Crippen molar-refractivity contribution < 1.29 is 9.59 Å². The lowest BCUT2D eigenvalue weighted by Crippen LogP contribution is -2.39. The number of amides is 2. The molecule has 0 saturated heterocycles. The molecule has 1 aromatic heterocycles. The molecule has 23 heavy (non-hydrogen) atoms. The predicted molar refractivity (Wildman–Crippen MR) is 88.9 cm³/mol. The first-order valence-electron chi connectivity index (χ1n) is 7.04. The molecule has 0 bridgehead atoms. The van der Waals surface area contributed by atoms with Gasteiger partial charge in [0.05, 0.1) is 0 Å². The number of anilines is 1. The maximum Gasteiger partial charge on any atom is 0.251 e. The number of benzene rings is 1. The number of aromatic nitrogens is 1. The van der Waals surface area contributed by atoms with Crippen LogP contribution < -0.4 is 10.9 Å². The number of carbonyl (C=O) groups is 2. The molecule has 0 aliphatic carbocycles. The molecule has 7 heteroatoms. The van der Waals surface area contributed by atoms with Crippen LogP contribution in [0.5, 0.6) is 0 Å². The van der Waals surface area contributed by atoms with Crippen molar-refractivity contribution in [3.8, 4) is 0 Å². The van der Waals surface area contributed by atoms with Crippen LogP contribution in [0, 0.1) is 0 Å². The van der Waals surface area contributed by atoms with Crippen molar-refractivity contribution in [2.75, 3.05) is 11.9 Å². The molecule has 2 heterocycles. The minimum absolute atomic E-state index is 0.0315. The first kappa shape index (κ1) is 15.5. The molecule has 0 unspecified atom stereocenters. The van der Waals surface area contributed by atoms with Gasteiger partial charge in [-0.2, -0.15) is 0 Å². The van der Waals surface area contributed by atoms with Gasteiger partial charge in [0.2, 0.25) is 11.8 Å². The average molecular weight is 376 g/mol. The van der Waals surface area contributed by atoms with Gasteiger partial charge in [-0.3, -0.25) is 14.4 Å². The Labute approximate surface area is 140 Å². The quantitative estimate of drug-likeness (QED) is 0.866. The monoisotopic (exact) mass is 375 g/mol. The summed E-state index contributed by atoms with van der Waals surface area (Å²) in [6.07, 6.45) is 1.56. The Bertz CT molecular complexity index is 831. The molecule has 1 aliphatic rings. The Hall–Kier alpha value is -2.41. The van der Waals surface area contributed by atoms with E-state index in [0.717, 1.165) is 5.56 Å². The number of pyridine rings is 1. The Balaban J connectivity index is 1.83. The van der Waals surface area contributed by atoms with Crippen molar-refractivity contribution in [3.63, 3.8) is 0 Å². The number of para-hydroxylation sites is 1. The topological polar surface area (TPSA) is 71.4 Å². The lowest BCUT2D eigenvalue weighted by molar-refractivity contribution is -0.135. The number of hydrogen-bond acceptors (Lipinski definition) is 3. The highest BCUT2D eigenvalue weighted by Gasteiger charge is 2.23. The summed E-state index contributed by atoms with van der Waals surface area (Å²) >= 11 is 3.28. The molecule has 1 N–H and O–H groups in total. The molecule has 6 nitrogen and oxygen atoms in total. The normalized spacial score (nSPS) is 14.0. The number of halogens is 1. The summed E-state index contributed by atoms with van der Waals surface area (Å²) in [5.41, 5.74) is 1.32. The van der Waals surface area contributed by atoms with Crippen LogP contribution in [-0.4, -0.2) is 27.8 Å². The second-order valence-corrected chi connectivity index (χ2v) is 6.18. The molecule has 2 aromatic rings. The molecule has 0 saturated carbocycles. The first-order chi connectivity index (χ1) is 11.0. The predicted octanol–water partition coefficient (Wildman–Crippen LogP) is 1.59. The summed E-state index contributed by atoms with van der Waals surface area (Å²) in [5.74, 6) is -0.526. The van der Waals surface area contributed by atoms with Gasteiger partial charge in [-0.25, -0.2) is 0 Å². The van der Waals surface area contributed by atoms with Gasteiger partial charge in [0.25, 0.3) is 5.56 Å². The van der Waals surface area contributed by atoms with E-state index in [4.69, 9.17) is 0 Å². The zero-order chi connectivity index (χ0) is 16.4. The maximum absolute atomic E-state index is 12.5. The smallest absolute Gasteiger partial charge is 0.251 e. The van der Waals surface area contributed by atoms with Gasteiger partial charge in [0.1, 0.15) is 13.1 Å². The van der Waals surface area contributed by atoms with Crippen LogP contribution in [0.15, 0.2) is 51.9 Å². The number of hydrogen-bond donors (Lipinski definition) is 1. The number of rotatable bonds is 2. The van der Waals surface area contributed by atoms with Crippen LogP contribution >= 0.6 is 15.9 Å². The summed E-state index contributed by atoms with van der Waals surface area (Å²) in [4.78, 5) is 37.7. The van der Waals surface area contributed by atoms with Crippen LogP contribution in [-0.2, 0) is 22.7 Å². The van der Waals surface area contributed by atoms with Crippen molar-refractivity contribution >= 4 is 33.4 Å². The van der Waals surface area contributed by atoms with E-state index in [1.54, 1.807) is 18.3 Å². The maximum atomic E-state index is 12.5. The lowest BCUT2D eigenvalue weighted by Gasteiger charge is -2.20. The fraction of sp³-hybridized carbons (Fsp3) is 0.188. The second-order valence-electron chi connectivity index (χ2n) is 5.27. The molecule has 0 radical (unpaired) electrons. The third-order valence-electron chi connectivity index (χ3n) is 3.59. The van der Waals surface area contributed by atoms with E-state index in [1.807, 2.05) is 18.2 Å². The average Bonchev–Trinajstić information content (AvgIpc) is 2.68. The molecule has 2 amide bonds. The molecule has 0 fully saturated rings. The van der Waals surface area contributed by atoms with Gasteiger partial charge < -0.3 is 14.8 Å². The van der Waals surface area contributed by atoms with Crippen molar-refractivity contribution in [2.45, 2.75) is 13.1 Å². The van der Waals surface area contributed by atoms with Gasteiger partial charge >= 0.3 is 0 Å². The zero-order valence-electron chi connectivity index (χ0n) is 12.2. The van der Waals surface area contributed by atoms with Gasteiger partial charge in [-0.15, -0.1) is 0 Å². The summed E-state index contributed by atoms with van der Waals surface area (Å²) in [6, 6.07) is 10.4. The number of nitrogens with zero attached hydrogens (tertiary/aromatic N) is 2. The molecule has 1 aliphatic heterocycles. The van der Waals surface area contributed by atoms with E-state index >= 15 is 0 Å². The summed E-state index contributed by atoms with van der Waals surface area (Å²) in [6.45, 7) is 0.195. The zero-order valence-corrected chi connectivity index (χ0v) is 13.7. The van der Waals surface area contributed by atoms with Crippen LogP contribution in [0.4, 0.5) is 5.69 Å². The molecule has 1 aromatic carbocycles. The summed E-state index contributed by atoms with van der Waals surface area (Å²) in [5, 5.41) is 2.78. The Morgan fingerprint density at radius 2 is 1.91 bits per heavy atom. The number of carbonyl (C=O) groups excluding carboxylic acids is 2. The van der Waals surface area contributed by atoms with Crippen LogP contribution in [0.25, 0.3) is 0 Å². The largest absolute Gasteiger partial charge is 0.327 e. The minimum atomic E-state index is -0.281. The van der Waals surface area contributed by atoms with E-state index in [0.29, 0.717) is 16.7 Å². The van der Waals surface area contributed by atoms with Crippen LogP contribution in [0.3, 0.4) is 0 Å². The molecular weight excluding hydrogens is 362 g/mol. The van der Waals surface area contributed by atoms with Gasteiger partial charge in [-0.1, -0.05) is 18.2 Å².